The Kier molecular flexibility index (Phi) is 3.64. The number of piperazine rings is 1. The van der Waals surface area contributed by atoms with Crippen LogP contribution in [0.2, 0.25) is 0 Å². The molecule has 0 radical (unpaired) electrons. The second kappa shape index (κ2) is 5.60. The Morgan fingerprint density at radius 3 is 2.43 bits per heavy atom. The van der Waals surface area contributed by atoms with Crippen molar-refractivity contribution in [3.8, 4) is 0 Å². The van der Waals surface area contributed by atoms with E-state index in [0.717, 1.165) is 31.7 Å². The van der Waals surface area contributed by atoms with Gasteiger partial charge in [0.15, 0.2) is 0 Å². The lowest BCUT2D eigenvalue weighted by atomic mass is 10.1. The Balaban J connectivity index is 1.65. The Labute approximate surface area is 124 Å². The minimum Gasteiger partial charge on any atom is -0.368 e. The van der Waals surface area contributed by atoms with Gasteiger partial charge in [-0.05, 0) is 31.0 Å². The molecule has 1 fully saturated rings. The number of benzene rings is 1. The van der Waals surface area contributed by atoms with Crippen LogP contribution in [0.15, 0.2) is 36.7 Å². The molecular formula is C16H20N4O. The summed E-state index contributed by atoms with van der Waals surface area (Å²) in [5.41, 5.74) is 3.54. The molecule has 0 unspecified atom stereocenters. The number of nitrogens with zero attached hydrogens (tertiary/aromatic N) is 4. The van der Waals surface area contributed by atoms with Crippen molar-refractivity contribution in [2.75, 3.05) is 31.1 Å². The molecular weight excluding hydrogens is 264 g/mol. The second-order valence-corrected chi connectivity index (χ2v) is 5.51. The highest BCUT2D eigenvalue weighted by Gasteiger charge is 2.23. The number of anilines is 1. The van der Waals surface area contributed by atoms with Crippen molar-refractivity contribution in [1.29, 1.82) is 0 Å². The third kappa shape index (κ3) is 2.77. The molecule has 1 amide bonds. The topological polar surface area (TPSA) is 41.4 Å². The largest absolute Gasteiger partial charge is 0.368 e. The van der Waals surface area contributed by atoms with Gasteiger partial charge in [0.25, 0.3) is 0 Å². The third-order valence-electron chi connectivity index (χ3n) is 3.91. The van der Waals surface area contributed by atoms with E-state index < -0.39 is 0 Å². The van der Waals surface area contributed by atoms with Crippen molar-refractivity contribution in [2.24, 2.45) is 0 Å². The van der Waals surface area contributed by atoms with E-state index in [9.17, 15) is 4.79 Å². The predicted octanol–water partition coefficient (Wildman–Crippen LogP) is 2.29. The minimum atomic E-state index is -0.0347. The summed E-state index contributed by atoms with van der Waals surface area (Å²) in [6, 6.07) is 8.35. The molecule has 0 aliphatic carbocycles. The number of rotatable bonds is 1. The molecule has 1 saturated heterocycles. The molecule has 1 aromatic heterocycles. The zero-order valence-electron chi connectivity index (χ0n) is 12.5. The van der Waals surface area contributed by atoms with Crippen LogP contribution in [0.5, 0.6) is 0 Å². The molecule has 2 heterocycles. The van der Waals surface area contributed by atoms with E-state index in [-0.39, 0.29) is 6.03 Å². The maximum atomic E-state index is 12.3. The first kappa shape index (κ1) is 13.7. The van der Waals surface area contributed by atoms with Gasteiger partial charge < -0.3 is 9.80 Å². The Morgan fingerprint density at radius 1 is 1.10 bits per heavy atom. The minimum absolute atomic E-state index is 0.0347. The fraction of sp³-hybridized carbons (Fsp3) is 0.375. The van der Waals surface area contributed by atoms with Gasteiger partial charge in [-0.3, -0.25) is 0 Å². The number of amides is 1. The van der Waals surface area contributed by atoms with Crippen LogP contribution < -0.4 is 4.90 Å². The molecule has 0 bridgehead atoms. The first-order chi connectivity index (χ1) is 10.1. The maximum absolute atomic E-state index is 12.3. The standard InChI is InChI=1S/C16H20N4O/c1-13-11-17-20(12-13)16(21)19-9-7-18(8-10-19)15-6-4-3-5-14(15)2/h3-6,11-12H,7-10H2,1-2H3. The summed E-state index contributed by atoms with van der Waals surface area (Å²) in [7, 11) is 0. The van der Waals surface area contributed by atoms with Gasteiger partial charge in [0, 0.05) is 38.1 Å². The lowest BCUT2D eigenvalue weighted by Crippen LogP contribution is -2.50. The Bertz CT molecular complexity index is 641. The third-order valence-corrected chi connectivity index (χ3v) is 3.91. The smallest absolute Gasteiger partial charge is 0.344 e. The number of carbonyl (C=O) groups excluding carboxylic acids is 1. The van der Waals surface area contributed by atoms with Crippen LogP contribution in [0, 0.1) is 13.8 Å². The summed E-state index contributed by atoms with van der Waals surface area (Å²) >= 11 is 0. The first-order valence-electron chi connectivity index (χ1n) is 7.26. The molecule has 5 heteroatoms. The van der Waals surface area contributed by atoms with Gasteiger partial charge >= 0.3 is 6.03 Å². The average Bonchev–Trinajstić information content (AvgIpc) is 2.94. The van der Waals surface area contributed by atoms with E-state index >= 15 is 0 Å². The normalized spacial score (nSPS) is 15.3. The molecule has 3 rings (SSSR count). The van der Waals surface area contributed by atoms with Crippen LogP contribution in [0.3, 0.4) is 0 Å². The molecule has 0 saturated carbocycles. The van der Waals surface area contributed by atoms with Crippen LogP contribution in [0.4, 0.5) is 10.5 Å². The van der Waals surface area contributed by atoms with Crippen LogP contribution in [-0.4, -0.2) is 46.9 Å². The number of aromatic nitrogens is 2. The molecule has 1 aromatic carbocycles. The van der Waals surface area contributed by atoms with E-state index in [2.05, 4.69) is 41.2 Å². The fourth-order valence-corrected chi connectivity index (χ4v) is 2.72. The SMILES string of the molecule is Cc1cnn(C(=O)N2CCN(c3ccccc3C)CC2)c1. The van der Waals surface area contributed by atoms with E-state index in [0.29, 0.717) is 0 Å². The average molecular weight is 284 g/mol. The monoisotopic (exact) mass is 284 g/mol. The summed E-state index contributed by atoms with van der Waals surface area (Å²) in [5.74, 6) is 0. The number of hydrogen-bond acceptors (Lipinski definition) is 3. The molecule has 0 spiro atoms. The van der Waals surface area contributed by atoms with Gasteiger partial charge in [-0.15, -0.1) is 0 Å². The number of carbonyl (C=O) groups is 1. The zero-order chi connectivity index (χ0) is 14.8. The second-order valence-electron chi connectivity index (χ2n) is 5.51. The van der Waals surface area contributed by atoms with Crippen molar-refractivity contribution < 1.29 is 4.79 Å². The highest BCUT2D eigenvalue weighted by molar-refractivity contribution is 5.76. The molecule has 0 atom stereocenters. The van der Waals surface area contributed by atoms with E-state index in [1.165, 1.54) is 15.9 Å². The lowest BCUT2D eigenvalue weighted by molar-refractivity contribution is 0.192. The molecule has 1 aliphatic heterocycles. The summed E-state index contributed by atoms with van der Waals surface area (Å²) in [6.45, 7) is 7.23. The number of aryl methyl sites for hydroxylation is 2. The Hall–Kier alpha value is -2.30. The highest BCUT2D eigenvalue weighted by Crippen LogP contribution is 2.20. The van der Waals surface area contributed by atoms with Crippen LogP contribution in [-0.2, 0) is 0 Å². The summed E-state index contributed by atoms with van der Waals surface area (Å²) in [5, 5.41) is 4.09. The maximum Gasteiger partial charge on any atom is 0.344 e. The fourth-order valence-electron chi connectivity index (χ4n) is 2.72. The molecule has 0 N–H and O–H groups in total. The Morgan fingerprint density at radius 2 is 1.81 bits per heavy atom. The van der Waals surface area contributed by atoms with E-state index in [1.54, 1.807) is 12.4 Å². The molecule has 2 aromatic rings. The summed E-state index contributed by atoms with van der Waals surface area (Å²) < 4.78 is 1.43. The van der Waals surface area contributed by atoms with Gasteiger partial charge in [-0.2, -0.15) is 9.78 Å². The van der Waals surface area contributed by atoms with Gasteiger partial charge in [0.1, 0.15) is 0 Å². The van der Waals surface area contributed by atoms with E-state index in [4.69, 9.17) is 0 Å². The first-order valence-corrected chi connectivity index (χ1v) is 7.26. The van der Waals surface area contributed by atoms with Crippen LogP contribution in [0.25, 0.3) is 0 Å². The lowest BCUT2D eigenvalue weighted by Gasteiger charge is -2.36. The van der Waals surface area contributed by atoms with Gasteiger partial charge in [0.2, 0.25) is 0 Å². The van der Waals surface area contributed by atoms with Crippen LogP contribution in [0.1, 0.15) is 11.1 Å². The van der Waals surface area contributed by atoms with Crippen molar-refractivity contribution in [3.63, 3.8) is 0 Å². The highest BCUT2D eigenvalue weighted by atomic mass is 16.2. The van der Waals surface area contributed by atoms with Crippen molar-refractivity contribution in [1.82, 2.24) is 14.7 Å². The van der Waals surface area contributed by atoms with E-state index in [1.807, 2.05) is 11.8 Å². The molecule has 5 nitrogen and oxygen atoms in total. The van der Waals surface area contributed by atoms with Crippen LogP contribution >= 0.6 is 0 Å². The molecule has 110 valence electrons. The summed E-state index contributed by atoms with van der Waals surface area (Å²) in [4.78, 5) is 16.5. The number of hydrogen-bond donors (Lipinski definition) is 0. The van der Waals surface area contributed by atoms with Gasteiger partial charge in [-0.25, -0.2) is 4.79 Å². The summed E-state index contributed by atoms with van der Waals surface area (Å²) in [6.07, 6.45) is 3.48. The zero-order valence-corrected chi connectivity index (χ0v) is 12.5. The van der Waals surface area contributed by atoms with Crippen molar-refractivity contribution in [2.45, 2.75) is 13.8 Å². The van der Waals surface area contributed by atoms with Gasteiger partial charge in [0.05, 0.1) is 6.20 Å². The van der Waals surface area contributed by atoms with Gasteiger partial charge in [-0.1, -0.05) is 18.2 Å². The van der Waals surface area contributed by atoms with Crippen molar-refractivity contribution >= 4 is 11.7 Å². The molecule has 21 heavy (non-hydrogen) atoms. The quantitative estimate of drug-likeness (QED) is 0.807. The molecule has 1 aliphatic rings. The number of para-hydroxylation sites is 1. The van der Waals surface area contributed by atoms with Crippen molar-refractivity contribution in [3.05, 3.63) is 47.8 Å². The predicted molar refractivity (Wildman–Crippen MR) is 82.7 cm³/mol.